The maximum atomic E-state index is 12.8. The van der Waals surface area contributed by atoms with Crippen molar-refractivity contribution in [2.45, 2.75) is 19.1 Å². The molecular weight excluding hydrogens is 404 g/mol. The fraction of sp³-hybridized carbons (Fsp3) is 0.333. The van der Waals surface area contributed by atoms with E-state index in [4.69, 9.17) is 10.5 Å². The molecule has 166 valence electrons. The number of para-hydroxylation sites is 1. The van der Waals surface area contributed by atoms with Crippen LogP contribution in [0.4, 0.5) is 11.4 Å². The number of fused-ring (bicyclic) bond motifs is 2. The zero-order valence-electron chi connectivity index (χ0n) is 18.6. The standard InChI is InChI=1S/C24H28N6O2/c1-14-13-32-16(11-29(2)3)12-30(14)15-8-9-19-20(10-15)27-23(26-19)21-22(25)17-6-4-5-7-18(17)28-24(21)31/h4-10,14,16H,11-13H2,1-3H3,(H,26,27)(H3,25,28,31). The lowest BCUT2D eigenvalue weighted by atomic mass is 10.1. The molecule has 4 N–H and O–H groups in total. The number of imidazole rings is 1. The molecule has 1 aliphatic heterocycles. The second-order valence-corrected chi connectivity index (χ2v) is 8.79. The number of pyridine rings is 1. The van der Waals surface area contributed by atoms with E-state index in [0.29, 0.717) is 29.2 Å². The number of H-pyrrole nitrogens is 2. The molecular formula is C24H28N6O2. The predicted molar refractivity (Wildman–Crippen MR) is 129 cm³/mol. The first-order valence-corrected chi connectivity index (χ1v) is 10.8. The maximum Gasteiger partial charge on any atom is 0.261 e. The van der Waals surface area contributed by atoms with Crippen LogP contribution in [-0.2, 0) is 4.74 Å². The summed E-state index contributed by atoms with van der Waals surface area (Å²) in [4.78, 5) is 28.2. The summed E-state index contributed by atoms with van der Waals surface area (Å²) < 4.78 is 6.01. The molecule has 1 aliphatic rings. The van der Waals surface area contributed by atoms with Gasteiger partial charge >= 0.3 is 0 Å². The van der Waals surface area contributed by atoms with Gasteiger partial charge < -0.3 is 30.2 Å². The summed E-state index contributed by atoms with van der Waals surface area (Å²) in [5.41, 5.74) is 10.4. The first-order chi connectivity index (χ1) is 15.4. The van der Waals surface area contributed by atoms with Crippen LogP contribution >= 0.6 is 0 Å². The lowest BCUT2D eigenvalue weighted by molar-refractivity contribution is 0.00880. The van der Waals surface area contributed by atoms with Crippen LogP contribution in [0, 0.1) is 0 Å². The van der Waals surface area contributed by atoms with Gasteiger partial charge in [-0.05, 0) is 45.3 Å². The molecule has 2 aromatic carbocycles. The summed E-state index contributed by atoms with van der Waals surface area (Å²) in [5.74, 6) is 0.474. The van der Waals surface area contributed by atoms with Crippen molar-refractivity contribution in [3.8, 4) is 11.4 Å². The van der Waals surface area contributed by atoms with E-state index in [1.54, 1.807) is 0 Å². The Bertz CT molecular complexity index is 1340. The average molecular weight is 433 g/mol. The molecule has 2 unspecified atom stereocenters. The van der Waals surface area contributed by atoms with E-state index in [-0.39, 0.29) is 17.7 Å². The quantitative estimate of drug-likeness (QED) is 0.458. The van der Waals surface area contributed by atoms with Crippen molar-refractivity contribution in [1.29, 1.82) is 0 Å². The Balaban J connectivity index is 1.53. The normalized spacial score (nSPS) is 19.3. The van der Waals surface area contributed by atoms with Gasteiger partial charge in [-0.3, -0.25) is 4.79 Å². The summed E-state index contributed by atoms with van der Waals surface area (Å²) in [6.45, 7) is 4.56. The summed E-state index contributed by atoms with van der Waals surface area (Å²) in [6.07, 6.45) is 0.158. The Morgan fingerprint density at radius 2 is 2.00 bits per heavy atom. The van der Waals surface area contributed by atoms with E-state index < -0.39 is 0 Å². The van der Waals surface area contributed by atoms with Gasteiger partial charge in [0, 0.05) is 30.2 Å². The Morgan fingerprint density at radius 1 is 1.19 bits per heavy atom. The maximum absolute atomic E-state index is 12.8. The number of hydrogen-bond acceptors (Lipinski definition) is 6. The highest BCUT2D eigenvalue weighted by Crippen LogP contribution is 2.30. The van der Waals surface area contributed by atoms with Crippen LogP contribution in [0.1, 0.15) is 6.92 Å². The summed E-state index contributed by atoms with van der Waals surface area (Å²) in [5, 5.41) is 0.803. The number of nitrogens with two attached hydrogens (primary N) is 1. The van der Waals surface area contributed by atoms with Gasteiger partial charge in [-0.15, -0.1) is 0 Å². The van der Waals surface area contributed by atoms with Gasteiger partial charge in [0.25, 0.3) is 5.56 Å². The molecule has 0 aliphatic carbocycles. The fourth-order valence-electron chi connectivity index (χ4n) is 4.49. The first-order valence-electron chi connectivity index (χ1n) is 10.8. The zero-order chi connectivity index (χ0) is 22.4. The number of ether oxygens (including phenoxy) is 1. The monoisotopic (exact) mass is 432 g/mol. The molecule has 0 bridgehead atoms. The second kappa shape index (κ2) is 7.96. The minimum absolute atomic E-state index is 0.158. The van der Waals surface area contributed by atoms with Gasteiger partial charge in [0.05, 0.1) is 34.9 Å². The third kappa shape index (κ3) is 3.61. The van der Waals surface area contributed by atoms with Crippen LogP contribution in [0.15, 0.2) is 47.3 Å². The van der Waals surface area contributed by atoms with Gasteiger partial charge in [0.2, 0.25) is 0 Å². The van der Waals surface area contributed by atoms with E-state index in [2.05, 4.69) is 57.9 Å². The molecule has 2 atom stereocenters. The summed E-state index contributed by atoms with van der Waals surface area (Å²) >= 11 is 0. The minimum Gasteiger partial charge on any atom is -0.397 e. The van der Waals surface area contributed by atoms with Crippen molar-refractivity contribution in [3.63, 3.8) is 0 Å². The molecule has 8 heteroatoms. The number of rotatable bonds is 4. The van der Waals surface area contributed by atoms with Gasteiger partial charge in [0.1, 0.15) is 11.4 Å². The van der Waals surface area contributed by atoms with Gasteiger partial charge in [-0.2, -0.15) is 0 Å². The van der Waals surface area contributed by atoms with E-state index in [1.165, 1.54) is 0 Å². The average Bonchev–Trinajstić information content (AvgIpc) is 3.17. The molecule has 4 aromatic rings. The number of aromatic nitrogens is 3. The Labute approximate surface area is 186 Å². The highest BCUT2D eigenvalue weighted by atomic mass is 16.5. The lowest BCUT2D eigenvalue weighted by Crippen LogP contribution is -2.51. The van der Waals surface area contributed by atoms with Crippen LogP contribution in [0.5, 0.6) is 0 Å². The largest absolute Gasteiger partial charge is 0.397 e. The molecule has 32 heavy (non-hydrogen) atoms. The van der Waals surface area contributed by atoms with Crippen molar-refractivity contribution < 1.29 is 4.74 Å². The van der Waals surface area contributed by atoms with Crippen LogP contribution in [-0.4, -0.2) is 65.8 Å². The molecule has 8 nitrogen and oxygen atoms in total. The van der Waals surface area contributed by atoms with Crippen molar-refractivity contribution in [1.82, 2.24) is 19.9 Å². The number of hydrogen-bond donors (Lipinski definition) is 3. The van der Waals surface area contributed by atoms with Gasteiger partial charge in [-0.25, -0.2) is 4.98 Å². The highest BCUT2D eigenvalue weighted by molar-refractivity contribution is 5.97. The Hall–Kier alpha value is -3.36. The number of likely N-dealkylation sites (N-methyl/N-ethyl adjacent to an activating group) is 1. The molecule has 5 rings (SSSR count). The van der Waals surface area contributed by atoms with Crippen LogP contribution in [0.25, 0.3) is 33.3 Å². The van der Waals surface area contributed by atoms with E-state index in [1.807, 2.05) is 30.3 Å². The van der Waals surface area contributed by atoms with Gasteiger partial charge in [0.15, 0.2) is 0 Å². The van der Waals surface area contributed by atoms with Crippen molar-refractivity contribution >= 4 is 33.3 Å². The smallest absolute Gasteiger partial charge is 0.261 e. The van der Waals surface area contributed by atoms with E-state index in [0.717, 1.165) is 35.2 Å². The lowest BCUT2D eigenvalue weighted by Gasteiger charge is -2.40. The van der Waals surface area contributed by atoms with Crippen molar-refractivity contribution in [2.24, 2.45) is 0 Å². The molecule has 0 spiro atoms. The number of morpholine rings is 1. The second-order valence-electron chi connectivity index (χ2n) is 8.79. The number of nitrogens with one attached hydrogen (secondary N) is 2. The molecule has 3 heterocycles. The molecule has 0 saturated carbocycles. The van der Waals surface area contributed by atoms with Crippen LogP contribution in [0.2, 0.25) is 0 Å². The van der Waals surface area contributed by atoms with Crippen molar-refractivity contribution in [3.05, 3.63) is 52.8 Å². The summed E-state index contributed by atoms with van der Waals surface area (Å²) in [6, 6.07) is 13.9. The topological polar surface area (TPSA) is 103 Å². The van der Waals surface area contributed by atoms with Crippen LogP contribution < -0.4 is 16.2 Å². The highest BCUT2D eigenvalue weighted by Gasteiger charge is 2.27. The van der Waals surface area contributed by atoms with E-state index >= 15 is 0 Å². The predicted octanol–water partition coefficient (Wildman–Crippen LogP) is 2.81. The number of nitrogens with zero attached hydrogens (tertiary/aromatic N) is 3. The molecule has 2 aromatic heterocycles. The van der Waals surface area contributed by atoms with Gasteiger partial charge in [-0.1, -0.05) is 18.2 Å². The fourth-order valence-corrected chi connectivity index (χ4v) is 4.49. The molecule has 1 saturated heterocycles. The van der Waals surface area contributed by atoms with Crippen LogP contribution in [0.3, 0.4) is 0 Å². The number of benzene rings is 2. The minimum atomic E-state index is -0.256. The first kappa shape index (κ1) is 20.5. The summed E-state index contributed by atoms with van der Waals surface area (Å²) in [7, 11) is 4.12. The third-order valence-corrected chi connectivity index (χ3v) is 6.07. The molecule has 1 fully saturated rings. The number of nitrogen functional groups attached to an aromatic ring is 1. The SMILES string of the molecule is CC1COC(CN(C)C)CN1c1ccc2nc(-c3c(N)c4ccccc4[nH]c3=O)[nH]c2c1. The Kier molecular flexibility index (Phi) is 5.11. The third-order valence-electron chi connectivity index (χ3n) is 6.07. The Morgan fingerprint density at radius 3 is 2.81 bits per heavy atom. The molecule has 0 amide bonds. The van der Waals surface area contributed by atoms with Crippen molar-refractivity contribution in [2.75, 3.05) is 44.4 Å². The number of anilines is 2. The molecule has 0 radical (unpaired) electrons. The van der Waals surface area contributed by atoms with E-state index in [9.17, 15) is 4.79 Å². The number of aromatic amines is 2. The zero-order valence-corrected chi connectivity index (χ0v) is 18.6.